The molecule has 0 saturated carbocycles. The molecule has 0 radical (unpaired) electrons. The molecule has 18 heavy (non-hydrogen) atoms. The van der Waals surface area contributed by atoms with Crippen LogP contribution in [-0.4, -0.2) is 9.97 Å². The van der Waals surface area contributed by atoms with Crippen LogP contribution in [0.5, 0.6) is 0 Å². The van der Waals surface area contributed by atoms with Gasteiger partial charge in [0.2, 0.25) is 0 Å². The third-order valence-electron chi connectivity index (χ3n) is 3.03. The lowest BCUT2D eigenvalue weighted by atomic mass is 9.97. The standard InChI is InChI=1S/C15H11N3/c16-10-14(15-17-7-8-18-15)13-6-5-11-3-1-2-4-12(11)9-13/h1-9,14H,(H,17,18). The van der Waals surface area contributed by atoms with Gasteiger partial charge in [-0.2, -0.15) is 5.26 Å². The molecule has 0 bridgehead atoms. The number of nitrogens with one attached hydrogen (secondary N) is 1. The Balaban J connectivity index is 2.11. The van der Waals surface area contributed by atoms with Crippen molar-refractivity contribution in [3.05, 3.63) is 66.2 Å². The number of nitriles is 1. The van der Waals surface area contributed by atoms with E-state index >= 15 is 0 Å². The van der Waals surface area contributed by atoms with Gasteiger partial charge in [0.05, 0.1) is 6.07 Å². The predicted octanol–water partition coefficient (Wildman–Crippen LogP) is 3.22. The summed E-state index contributed by atoms with van der Waals surface area (Å²) in [6.45, 7) is 0. The van der Waals surface area contributed by atoms with E-state index in [4.69, 9.17) is 0 Å². The van der Waals surface area contributed by atoms with E-state index in [9.17, 15) is 5.26 Å². The lowest BCUT2D eigenvalue weighted by molar-refractivity contribution is 0.929. The molecule has 2 aromatic carbocycles. The minimum Gasteiger partial charge on any atom is -0.347 e. The average Bonchev–Trinajstić information content (AvgIpc) is 2.93. The van der Waals surface area contributed by atoms with E-state index in [0.717, 1.165) is 10.9 Å². The van der Waals surface area contributed by atoms with Crippen LogP contribution in [0.15, 0.2) is 54.9 Å². The lowest BCUT2D eigenvalue weighted by Gasteiger charge is -2.07. The Kier molecular flexibility index (Phi) is 2.54. The van der Waals surface area contributed by atoms with Crippen molar-refractivity contribution in [3.8, 4) is 6.07 Å². The van der Waals surface area contributed by atoms with Gasteiger partial charge in [-0.25, -0.2) is 4.98 Å². The summed E-state index contributed by atoms with van der Waals surface area (Å²) >= 11 is 0. The van der Waals surface area contributed by atoms with Crippen LogP contribution in [0.25, 0.3) is 10.8 Å². The van der Waals surface area contributed by atoms with Crippen LogP contribution in [0.1, 0.15) is 17.3 Å². The minimum atomic E-state index is -0.343. The molecule has 86 valence electrons. The summed E-state index contributed by atoms with van der Waals surface area (Å²) in [4.78, 5) is 7.17. The zero-order valence-electron chi connectivity index (χ0n) is 9.67. The summed E-state index contributed by atoms with van der Waals surface area (Å²) < 4.78 is 0. The smallest absolute Gasteiger partial charge is 0.129 e. The first kappa shape index (κ1) is 10.5. The molecule has 0 fully saturated rings. The highest BCUT2D eigenvalue weighted by molar-refractivity contribution is 5.83. The zero-order chi connectivity index (χ0) is 12.4. The van der Waals surface area contributed by atoms with Crippen LogP contribution < -0.4 is 0 Å². The number of rotatable bonds is 2. The fraction of sp³-hybridized carbons (Fsp3) is 0.0667. The summed E-state index contributed by atoms with van der Waals surface area (Å²) in [5, 5.41) is 11.6. The van der Waals surface area contributed by atoms with E-state index in [1.807, 2.05) is 30.3 Å². The van der Waals surface area contributed by atoms with Crippen LogP contribution in [0.3, 0.4) is 0 Å². The van der Waals surface area contributed by atoms with Gasteiger partial charge in [0.15, 0.2) is 0 Å². The van der Waals surface area contributed by atoms with E-state index < -0.39 is 0 Å². The topological polar surface area (TPSA) is 52.5 Å². The fourth-order valence-corrected chi connectivity index (χ4v) is 2.12. The van der Waals surface area contributed by atoms with Crippen molar-refractivity contribution < 1.29 is 0 Å². The van der Waals surface area contributed by atoms with Crippen LogP contribution in [-0.2, 0) is 0 Å². The monoisotopic (exact) mass is 233 g/mol. The number of imidazole rings is 1. The SMILES string of the molecule is N#CC(c1ccc2ccccc2c1)c1ncc[nH]1. The van der Waals surface area contributed by atoms with Crippen molar-refractivity contribution >= 4 is 10.8 Å². The molecule has 0 aliphatic rings. The molecule has 1 N–H and O–H groups in total. The lowest BCUT2D eigenvalue weighted by Crippen LogP contribution is -2.00. The van der Waals surface area contributed by atoms with Crippen molar-refractivity contribution in [1.29, 1.82) is 5.26 Å². The van der Waals surface area contributed by atoms with Gasteiger partial charge < -0.3 is 4.98 Å². The first-order valence-corrected chi connectivity index (χ1v) is 5.76. The second-order valence-electron chi connectivity index (χ2n) is 4.14. The molecule has 0 aliphatic heterocycles. The van der Waals surface area contributed by atoms with Gasteiger partial charge in [-0.05, 0) is 22.4 Å². The Morgan fingerprint density at radius 1 is 1.11 bits per heavy atom. The number of H-pyrrole nitrogens is 1. The van der Waals surface area contributed by atoms with E-state index in [1.165, 1.54) is 5.39 Å². The summed E-state index contributed by atoms with van der Waals surface area (Å²) in [6.07, 6.45) is 3.40. The van der Waals surface area contributed by atoms with E-state index in [0.29, 0.717) is 5.82 Å². The van der Waals surface area contributed by atoms with E-state index in [2.05, 4.69) is 28.2 Å². The minimum absolute atomic E-state index is 0.343. The molecule has 0 amide bonds. The second-order valence-corrected chi connectivity index (χ2v) is 4.14. The van der Waals surface area contributed by atoms with Gasteiger partial charge in [0.25, 0.3) is 0 Å². The number of benzene rings is 2. The van der Waals surface area contributed by atoms with Crippen LogP contribution in [0.4, 0.5) is 0 Å². The van der Waals surface area contributed by atoms with Crippen LogP contribution in [0.2, 0.25) is 0 Å². The Morgan fingerprint density at radius 3 is 2.67 bits per heavy atom. The van der Waals surface area contributed by atoms with Crippen LogP contribution in [0, 0.1) is 11.3 Å². The number of fused-ring (bicyclic) bond motifs is 1. The van der Waals surface area contributed by atoms with Crippen LogP contribution >= 0.6 is 0 Å². The quantitative estimate of drug-likeness (QED) is 0.738. The van der Waals surface area contributed by atoms with Gasteiger partial charge >= 0.3 is 0 Å². The third kappa shape index (κ3) is 1.74. The van der Waals surface area contributed by atoms with Gasteiger partial charge in [0, 0.05) is 12.4 Å². The molecule has 1 heterocycles. The number of aromatic nitrogens is 2. The molecule has 3 nitrogen and oxygen atoms in total. The maximum atomic E-state index is 9.31. The normalized spacial score (nSPS) is 12.2. The summed E-state index contributed by atoms with van der Waals surface area (Å²) in [6, 6.07) is 16.5. The number of hydrogen-bond donors (Lipinski definition) is 1. The molecule has 3 rings (SSSR count). The molecule has 1 aromatic heterocycles. The van der Waals surface area contributed by atoms with Crippen molar-refractivity contribution in [1.82, 2.24) is 9.97 Å². The van der Waals surface area contributed by atoms with Crippen molar-refractivity contribution in [3.63, 3.8) is 0 Å². The third-order valence-corrected chi connectivity index (χ3v) is 3.03. The highest BCUT2D eigenvalue weighted by Gasteiger charge is 2.15. The van der Waals surface area contributed by atoms with E-state index in [1.54, 1.807) is 12.4 Å². The van der Waals surface area contributed by atoms with E-state index in [-0.39, 0.29) is 5.92 Å². The molecule has 0 aliphatic carbocycles. The maximum absolute atomic E-state index is 9.31. The fourth-order valence-electron chi connectivity index (χ4n) is 2.12. The number of nitrogens with zero attached hydrogens (tertiary/aromatic N) is 2. The molecule has 3 heteroatoms. The zero-order valence-corrected chi connectivity index (χ0v) is 9.67. The summed E-state index contributed by atoms with van der Waals surface area (Å²) in [5.74, 6) is 0.345. The molecule has 1 atom stereocenters. The number of hydrogen-bond acceptors (Lipinski definition) is 2. The number of aromatic amines is 1. The maximum Gasteiger partial charge on any atom is 0.129 e. The Labute approximate surface area is 105 Å². The van der Waals surface area contributed by atoms with Gasteiger partial charge in [-0.1, -0.05) is 36.4 Å². The molecule has 0 spiro atoms. The van der Waals surface area contributed by atoms with Gasteiger partial charge in [0.1, 0.15) is 11.7 Å². The molecular weight excluding hydrogens is 222 g/mol. The highest BCUT2D eigenvalue weighted by Crippen LogP contribution is 2.24. The molecule has 3 aromatic rings. The molecular formula is C15H11N3. The predicted molar refractivity (Wildman–Crippen MR) is 70.0 cm³/mol. The molecule has 0 saturated heterocycles. The van der Waals surface area contributed by atoms with Gasteiger partial charge in [-0.3, -0.25) is 0 Å². The Hall–Kier alpha value is -2.60. The average molecular weight is 233 g/mol. The first-order valence-electron chi connectivity index (χ1n) is 5.76. The van der Waals surface area contributed by atoms with Crippen molar-refractivity contribution in [2.45, 2.75) is 5.92 Å². The van der Waals surface area contributed by atoms with Crippen molar-refractivity contribution in [2.75, 3.05) is 0 Å². The Morgan fingerprint density at radius 2 is 1.94 bits per heavy atom. The summed E-state index contributed by atoms with van der Waals surface area (Å²) in [7, 11) is 0. The highest BCUT2D eigenvalue weighted by atomic mass is 14.9. The van der Waals surface area contributed by atoms with Crippen molar-refractivity contribution in [2.24, 2.45) is 0 Å². The van der Waals surface area contributed by atoms with Gasteiger partial charge in [-0.15, -0.1) is 0 Å². The first-order chi connectivity index (χ1) is 8.88. The largest absolute Gasteiger partial charge is 0.347 e. The second kappa shape index (κ2) is 4.34. The summed E-state index contributed by atoms with van der Waals surface area (Å²) in [5.41, 5.74) is 0.964. The Bertz CT molecular complexity index is 708. The molecule has 1 unspecified atom stereocenters.